The van der Waals surface area contributed by atoms with Crippen LogP contribution in [0.4, 0.5) is 26.3 Å². The molecule has 0 saturated heterocycles. The van der Waals surface area contributed by atoms with E-state index in [1.807, 2.05) is 0 Å². The summed E-state index contributed by atoms with van der Waals surface area (Å²) >= 11 is 5.75. The Kier molecular flexibility index (Phi) is 8.00. The number of halogens is 7. The quantitative estimate of drug-likeness (QED) is 0.524. The molecule has 28 heavy (non-hydrogen) atoms. The summed E-state index contributed by atoms with van der Waals surface area (Å²) < 4.78 is 81.0. The van der Waals surface area contributed by atoms with Crippen molar-refractivity contribution in [2.75, 3.05) is 0 Å². The average Bonchev–Trinajstić information content (AvgIpc) is 2.54. The van der Waals surface area contributed by atoms with Crippen molar-refractivity contribution in [3.63, 3.8) is 0 Å². The van der Waals surface area contributed by atoms with Crippen molar-refractivity contribution in [1.29, 1.82) is 0 Å². The molecule has 0 saturated carbocycles. The number of rotatable bonds is 5. The van der Waals surface area contributed by atoms with Crippen LogP contribution in [0.15, 0.2) is 48.5 Å². The number of carbonyl (C=O) groups is 1. The molecule has 0 N–H and O–H groups in total. The number of hydrogen-bond donors (Lipinski definition) is 0. The van der Waals surface area contributed by atoms with E-state index in [9.17, 15) is 36.2 Å². The average molecular weight is 435 g/mol. The summed E-state index contributed by atoms with van der Waals surface area (Å²) in [6, 6.07) is 11.9. The molecule has 11 heteroatoms. The van der Waals surface area contributed by atoms with Gasteiger partial charge in [-0.25, -0.2) is 0 Å². The molecule has 0 bridgehead atoms. The SMILES string of the molecule is O=C([O-])C(OCc1ccc(-c2ccc(Cl)cc2)cc1)(C(F)(F)F)C(F)(F)F.[Na+]. The molecule has 2 aromatic rings. The number of carboxylic acid groups (broad SMARTS) is 1. The van der Waals surface area contributed by atoms with E-state index in [4.69, 9.17) is 11.6 Å². The number of benzene rings is 2. The first-order chi connectivity index (χ1) is 12.4. The Bertz CT molecular complexity index is 790. The van der Waals surface area contributed by atoms with Crippen molar-refractivity contribution in [1.82, 2.24) is 0 Å². The van der Waals surface area contributed by atoms with Crippen LogP contribution in [0.25, 0.3) is 11.1 Å². The number of aliphatic carboxylic acids is 1. The molecule has 0 atom stereocenters. The Morgan fingerprint density at radius 1 is 0.857 bits per heavy atom. The van der Waals surface area contributed by atoms with Gasteiger partial charge in [-0.1, -0.05) is 48.0 Å². The van der Waals surface area contributed by atoms with Gasteiger partial charge in [0.05, 0.1) is 12.6 Å². The zero-order valence-electron chi connectivity index (χ0n) is 14.2. The Morgan fingerprint density at radius 2 is 1.25 bits per heavy atom. The van der Waals surface area contributed by atoms with Gasteiger partial charge in [-0.2, -0.15) is 26.3 Å². The second-order valence-electron chi connectivity index (χ2n) is 5.46. The zero-order valence-corrected chi connectivity index (χ0v) is 17.0. The Balaban J connectivity index is 0.00000392. The molecular weight excluding hydrogens is 425 g/mol. The fourth-order valence-corrected chi connectivity index (χ4v) is 2.37. The first-order valence-corrected chi connectivity index (χ1v) is 7.60. The van der Waals surface area contributed by atoms with E-state index in [1.54, 1.807) is 24.3 Å². The maximum absolute atomic E-state index is 12.9. The molecule has 0 aliphatic heterocycles. The third-order valence-corrected chi connectivity index (χ3v) is 3.92. The molecule has 2 rings (SSSR count). The summed E-state index contributed by atoms with van der Waals surface area (Å²) in [7, 11) is 0. The second-order valence-corrected chi connectivity index (χ2v) is 5.89. The molecule has 2 aromatic carbocycles. The summed E-state index contributed by atoms with van der Waals surface area (Å²) in [5.41, 5.74) is -4.18. The van der Waals surface area contributed by atoms with E-state index in [0.29, 0.717) is 16.1 Å². The number of carbonyl (C=O) groups excluding carboxylic acids is 1. The number of alkyl halides is 6. The van der Waals surface area contributed by atoms with Gasteiger partial charge in [0.15, 0.2) is 0 Å². The minimum absolute atomic E-state index is 0. The smallest absolute Gasteiger partial charge is 0.546 e. The minimum Gasteiger partial charge on any atom is -0.546 e. The van der Waals surface area contributed by atoms with E-state index in [-0.39, 0.29) is 35.1 Å². The molecule has 0 heterocycles. The summed E-state index contributed by atoms with van der Waals surface area (Å²) in [4.78, 5) is 10.7. The van der Waals surface area contributed by atoms with Gasteiger partial charge >= 0.3 is 41.9 Å². The van der Waals surface area contributed by atoms with Crippen LogP contribution in [0, 0.1) is 0 Å². The van der Waals surface area contributed by atoms with E-state index >= 15 is 0 Å². The van der Waals surface area contributed by atoms with Gasteiger partial charge in [0, 0.05) is 5.02 Å². The number of ether oxygens (including phenoxy) is 1. The molecule has 0 aromatic heterocycles. The van der Waals surface area contributed by atoms with Crippen LogP contribution < -0.4 is 34.7 Å². The standard InChI is InChI=1S/C17H11ClF6O3.Na/c18-13-7-5-12(6-8-13)11-3-1-10(2-4-11)9-27-15(14(25)26,16(19,20)21)17(22,23)24;/h1-8H,9H2,(H,25,26);/q;+1/p-1. The Labute approximate surface area is 182 Å². The summed E-state index contributed by atoms with van der Waals surface area (Å²) in [6.45, 7) is -1.24. The molecule has 0 aliphatic rings. The van der Waals surface area contributed by atoms with Gasteiger partial charge in [0.1, 0.15) is 0 Å². The molecule has 0 amide bonds. The number of hydrogen-bond acceptors (Lipinski definition) is 3. The van der Waals surface area contributed by atoms with Crippen LogP contribution in [-0.4, -0.2) is 23.9 Å². The van der Waals surface area contributed by atoms with Gasteiger partial charge in [-0.05, 0) is 28.8 Å². The molecule has 3 nitrogen and oxygen atoms in total. The summed E-state index contributed by atoms with van der Waals surface area (Å²) in [6.07, 6.45) is -12.5. The largest absolute Gasteiger partial charge is 1.00 e. The summed E-state index contributed by atoms with van der Waals surface area (Å²) in [5, 5.41) is 11.2. The van der Waals surface area contributed by atoms with Gasteiger partial charge in [0.25, 0.3) is 5.60 Å². The van der Waals surface area contributed by atoms with Crippen LogP contribution in [-0.2, 0) is 16.1 Å². The van der Waals surface area contributed by atoms with Crippen LogP contribution in [0.2, 0.25) is 5.02 Å². The molecule has 0 radical (unpaired) electrons. The van der Waals surface area contributed by atoms with Gasteiger partial charge in [-0.15, -0.1) is 0 Å². The molecule has 0 aliphatic carbocycles. The number of carboxylic acids is 1. The van der Waals surface area contributed by atoms with E-state index in [0.717, 1.165) is 0 Å². The fraction of sp³-hybridized carbons (Fsp3) is 0.235. The predicted octanol–water partition coefficient (Wildman–Crippen LogP) is 1.14. The van der Waals surface area contributed by atoms with Gasteiger partial charge in [0.2, 0.25) is 0 Å². The maximum atomic E-state index is 12.9. The first-order valence-electron chi connectivity index (χ1n) is 7.22. The van der Waals surface area contributed by atoms with Crippen molar-refractivity contribution >= 4 is 17.6 Å². The van der Waals surface area contributed by atoms with Gasteiger partial charge in [-0.3, -0.25) is 0 Å². The van der Waals surface area contributed by atoms with Crippen molar-refractivity contribution in [3.05, 3.63) is 59.1 Å². The minimum atomic E-state index is -6.26. The Morgan fingerprint density at radius 3 is 1.61 bits per heavy atom. The van der Waals surface area contributed by atoms with Crippen LogP contribution in [0.1, 0.15) is 5.56 Å². The van der Waals surface area contributed by atoms with Crippen LogP contribution in [0.5, 0.6) is 0 Å². The maximum Gasteiger partial charge on any atom is 1.00 e. The van der Waals surface area contributed by atoms with Crippen LogP contribution in [0.3, 0.4) is 0 Å². The third kappa shape index (κ3) is 5.01. The molecule has 0 unspecified atom stereocenters. The summed E-state index contributed by atoms with van der Waals surface area (Å²) in [5.74, 6) is -3.43. The third-order valence-electron chi connectivity index (χ3n) is 3.67. The normalized spacial score (nSPS) is 12.4. The van der Waals surface area contributed by atoms with Crippen molar-refractivity contribution in [2.45, 2.75) is 24.6 Å². The Hall–Kier alpha value is -1.26. The fourth-order valence-electron chi connectivity index (χ4n) is 2.24. The molecule has 146 valence electrons. The van der Waals surface area contributed by atoms with Crippen molar-refractivity contribution in [2.24, 2.45) is 0 Å². The zero-order chi connectivity index (χ0) is 20.5. The topological polar surface area (TPSA) is 49.4 Å². The van der Waals surface area contributed by atoms with E-state index in [2.05, 4.69) is 4.74 Å². The molecular formula is C17H10ClF6NaO3. The second kappa shape index (κ2) is 9.04. The monoisotopic (exact) mass is 434 g/mol. The predicted molar refractivity (Wildman–Crippen MR) is 81.5 cm³/mol. The molecule has 0 spiro atoms. The van der Waals surface area contributed by atoms with E-state index < -0.39 is 30.5 Å². The van der Waals surface area contributed by atoms with Crippen LogP contribution >= 0.6 is 11.6 Å². The molecule has 0 fully saturated rings. The van der Waals surface area contributed by atoms with E-state index in [1.165, 1.54) is 24.3 Å². The van der Waals surface area contributed by atoms with Crippen molar-refractivity contribution < 1.29 is 70.5 Å². The van der Waals surface area contributed by atoms with Gasteiger partial charge < -0.3 is 14.6 Å². The van der Waals surface area contributed by atoms with Crippen molar-refractivity contribution in [3.8, 4) is 11.1 Å². The first kappa shape index (κ1) is 24.8.